The molecule has 78 heavy (non-hydrogen) atoms. The predicted molar refractivity (Wildman–Crippen MR) is 303 cm³/mol. The zero-order valence-corrected chi connectivity index (χ0v) is 46.0. The van der Waals surface area contributed by atoms with Crippen LogP contribution in [-0.2, 0) is 34.3 Å². The number of imide groups is 1. The highest BCUT2D eigenvalue weighted by atomic mass is 32.1. The SMILES string of the molecule is Cc1c(OC2CCC(CCCCN3CCN(c4ccc5c(C6CCC(=O)NC6=O)nn(C)c5c4F)CC3)CC2)cccc1-c1ccc(N2CCc3cccc(C(=O)Nc4nc5ccccc5s4)c3C2)nc1C(=O)OC(C)(C)C. The lowest BCUT2D eigenvalue weighted by atomic mass is 9.84. The van der Waals surface area contributed by atoms with E-state index >= 15 is 4.39 Å². The number of anilines is 3. The number of ether oxygens (including phenoxy) is 2. The number of benzene rings is 4. The van der Waals surface area contributed by atoms with E-state index in [9.17, 15) is 19.2 Å². The van der Waals surface area contributed by atoms with Crippen molar-refractivity contribution < 1.29 is 33.0 Å². The standard InChI is InChI=1S/C61H68FN9O6S/c1-37-41(42-24-27-51(64-55(42)59(75)77-61(2,3)4)71-31-29-39-13-10-15-43(46(39)36-71)57(73)66-60-63-47-16-6-7-18-50(47)78-60)14-11-17-49(37)76-40-21-19-38(20-22-40)12-8-9-30-69-32-34-70(35-33-69)48-26-23-44-54(67-68(5)56(44)53(48)62)45-25-28-52(72)65-58(45)74/h6-7,10-11,13-18,23-24,26-27,38,40,45H,8-9,12,19-22,25,28-36H2,1-5H3,(H,63,66,73)(H,65,72,74). The Morgan fingerprint density at radius 3 is 2.41 bits per heavy atom. The van der Waals surface area contributed by atoms with Crippen LogP contribution in [0.25, 0.3) is 32.2 Å². The van der Waals surface area contributed by atoms with Gasteiger partial charge in [-0.25, -0.2) is 19.2 Å². The van der Waals surface area contributed by atoms with Crippen molar-refractivity contribution in [1.82, 2.24) is 30.0 Å². The average molecular weight is 1070 g/mol. The molecule has 4 aromatic carbocycles. The van der Waals surface area contributed by atoms with Crippen LogP contribution in [0.5, 0.6) is 5.75 Å². The zero-order chi connectivity index (χ0) is 54.2. The molecule has 2 N–H and O–H groups in total. The second-order valence-corrected chi connectivity index (χ2v) is 23.5. The first kappa shape index (κ1) is 52.8. The molecule has 3 amide bonds. The summed E-state index contributed by atoms with van der Waals surface area (Å²) in [4.78, 5) is 68.7. The van der Waals surface area contributed by atoms with E-state index in [2.05, 4.69) is 41.5 Å². The monoisotopic (exact) mass is 1070 g/mol. The first-order valence-electron chi connectivity index (χ1n) is 27.6. The molecule has 1 unspecified atom stereocenters. The number of aryl methyl sites for hydroxylation is 1. The highest BCUT2D eigenvalue weighted by Gasteiger charge is 2.34. The van der Waals surface area contributed by atoms with Crippen molar-refractivity contribution in [2.45, 2.75) is 116 Å². The van der Waals surface area contributed by atoms with Crippen molar-refractivity contribution in [1.29, 1.82) is 0 Å². The minimum absolute atomic E-state index is 0.100. The molecular weight excluding hydrogens is 1010 g/mol. The minimum Gasteiger partial charge on any atom is -0.490 e. The number of hydrogen-bond acceptors (Lipinski definition) is 13. The molecule has 3 aromatic heterocycles. The Morgan fingerprint density at radius 1 is 0.833 bits per heavy atom. The Hall–Kier alpha value is -7.24. The van der Waals surface area contributed by atoms with Crippen LogP contribution in [0.3, 0.4) is 0 Å². The quantitative estimate of drug-likeness (QED) is 0.0603. The number of esters is 1. The summed E-state index contributed by atoms with van der Waals surface area (Å²) in [5.41, 5.74) is 6.89. The number of hydrogen-bond donors (Lipinski definition) is 2. The van der Waals surface area contributed by atoms with E-state index in [1.807, 2.05) is 107 Å². The fourth-order valence-electron chi connectivity index (χ4n) is 11.9. The molecule has 0 spiro atoms. The number of rotatable bonds is 14. The Morgan fingerprint density at radius 2 is 1.63 bits per heavy atom. The van der Waals surface area contributed by atoms with Crippen LogP contribution in [0.4, 0.5) is 21.0 Å². The summed E-state index contributed by atoms with van der Waals surface area (Å²) in [7, 11) is 1.71. The van der Waals surface area contributed by atoms with Crippen molar-refractivity contribution >= 4 is 72.8 Å². The van der Waals surface area contributed by atoms with Crippen molar-refractivity contribution in [3.05, 3.63) is 124 Å². The summed E-state index contributed by atoms with van der Waals surface area (Å²) in [5, 5.41) is 11.2. The van der Waals surface area contributed by atoms with E-state index in [1.54, 1.807) is 7.05 Å². The van der Waals surface area contributed by atoms with E-state index in [1.165, 1.54) is 28.9 Å². The fraction of sp³-hybridized carbons (Fsp3) is 0.426. The number of nitrogens with one attached hydrogen (secondary N) is 2. The maximum Gasteiger partial charge on any atom is 0.358 e. The third-order valence-corrected chi connectivity index (χ3v) is 17.0. The minimum atomic E-state index is -0.741. The van der Waals surface area contributed by atoms with Gasteiger partial charge in [-0.1, -0.05) is 60.6 Å². The number of aromatic nitrogens is 4. The van der Waals surface area contributed by atoms with Crippen LogP contribution in [0.15, 0.2) is 84.9 Å². The molecule has 3 aliphatic heterocycles. The molecule has 2 saturated heterocycles. The third kappa shape index (κ3) is 11.2. The van der Waals surface area contributed by atoms with E-state index < -0.39 is 17.5 Å². The third-order valence-electron chi connectivity index (χ3n) is 16.1. The number of carbonyl (C=O) groups is 4. The van der Waals surface area contributed by atoms with Gasteiger partial charge in [0.15, 0.2) is 16.6 Å². The van der Waals surface area contributed by atoms with Crippen LogP contribution in [0.2, 0.25) is 0 Å². The number of piperidine rings is 1. The highest BCUT2D eigenvalue weighted by molar-refractivity contribution is 7.22. The number of fused-ring (bicyclic) bond motifs is 3. The summed E-state index contributed by atoms with van der Waals surface area (Å²) in [6, 6.07) is 27.3. The number of nitrogens with zero attached hydrogens (tertiary/aromatic N) is 7. The van der Waals surface area contributed by atoms with Gasteiger partial charge in [0.1, 0.15) is 22.7 Å². The van der Waals surface area contributed by atoms with Gasteiger partial charge in [0, 0.05) is 69.3 Å². The summed E-state index contributed by atoms with van der Waals surface area (Å²) >= 11 is 1.45. The van der Waals surface area contributed by atoms with E-state index in [0.29, 0.717) is 76.2 Å². The second-order valence-electron chi connectivity index (χ2n) is 22.4. The molecule has 7 aromatic rings. The van der Waals surface area contributed by atoms with Crippen LogP contribution in [-0.4, -0.2) is 99.3 Å². The van der Waals surface area contributed by atoms with Gasteiger partial charge in [0.2, 0.25) is 11.8 Å². The van der Waals surface area contributed by atoms with Crippen molar-refractivity contribution in [2.24, 2.45) is 13.0 Å². The Labute approximate surface area is 458 Å². The smallest absolute Gasteiger partial charge is 0.358 e. The van der Waals surface area contributed by atoms with Crippen LogP contribution < -0.4 is 25.2 Å². The van der Waals surface area contributed by atoms with Gasteiger partial charge in [-0.15, -0.1) is 0 Å². The van der Waals surface area contributed by atoms with Gasteiger partial charge in [0.05, 0.1) is 33.6 Å². The number of halogens is 1. The van der Waals surface area contributed by atoms with Gasteiger partial charge in [0.25, 0.3) is 5.91 Å². The van der Waals surface area contributed by atoms with Crippen LogP contribution >= 0.6 is 11.3 Å². The van der Waals surface area contributed by atoms with Gasteiger partial charge in [-0.05, 0) is 156 Å². The molecule has 1 saturated carbocycles. The predicted octanol–water partition coefficient (Wildman–Crippen LogP) is 10.9. The molecule has 17 heteroatoms. The molecule has 406 valence electrons. The van der Waals surface area contributed by atoms with E-state index in [4.69, 9.17) is 14.5 Å². The molecule has 15 nitrogen and oxygen atoms in total. The lowest BCUT2D eigenvalue weighted by Gasteiger charge is -2.36. The second kappa shape index (κ2) is 22.2. The molecule has 3 fully saturated rings. The summed E-state index contributed by atoms with van der Waals surface area (Å²) < 4.78 is 31.5. The molecule has 1 atom stereocenters. The number of unbranched alkanes of at least 4 members (excludes halogenated alkanes) is 1. The van der Waals surface area contributed by atoms with Crippen molar-refractivity contribution in [3.8, 4) is 16.9 Å². The number of piperazine rings is 1. The van der Waals surface area contributed by atoms with Gasteiger partial charge in [-0.3, -0.25) is 34.6 Å². The van der Waals surface area contributed by atoms with Gasteiger partial charge >= 0.3 is 5.97 Å². The number of carbonyl (C=O) groups excluding carboxylic acids is 4. The topological polar surface area (TPSA) is 164 Å². The summed E-state index contributed by atoms with van der Waals surface area (Å²) in [6.07, 6.45) is 9.12. The normalized spacial score (nSPS) is 19.2. The maximum absolute atomic E-state index is 16.2. The fourth-order valence-corrected chi connectivity index (χ4v) is 12.8. The molecular formula is C61H68FN9O6S. The van der Waals surface area contributed by atoms with Crippen LogP contribution in [0.1, 0.15) is 128 Å². The highest BCUT2D eigenvalue weighted by Crippen LogP contribution is 2.39. The molecule has 11 rings (SSSR count). The summed E-state index contributed by atoms with van der Waals surface area (Å²) in [6.45, 7) is 12.9. The van der Waals surface area contributed by atoms with Crippen molar-refractivity contribution in [3.63, 3.8) is 0 Å². The maximum atomic E-state index is 16.2. The van der Waals surface area contributed by atoms with E-state index in [-0.39, 0.29) is 41.8 Å². The Kier molecular flexibility index (Phi) is 15.1. The molecule has 0 bridgehead atoms. The number of thiazole rings is 1. The molecule has 0 radical (unpaired) electrons. The zero-order valence-electron chi connectivity index (χ0n) is 45.2. The number of pyridine rings is 1. The molecule has 1 aliphatic carbocycles. The Balaban J connectivity index is 0.679. The van der Waals surface area contributed by atoms with E-state index in [0.717, 1.165) is 103 Å². The average Bonchev–Trinajstić information content (AvgIpc) is 4.12. The summed E-state index contributed by atoms with van der Waals surface area (Å²) in [5.74, 6) is -0.176. The molecule has 6 heterocycles. The number of para-hydroxylation sites is 1. The molecule has 4 aliphatic rings. The van der Waals surface area contributed by atoms with Crippen molar-refractivity contribution in [2.75, 3.05) is 54.4 Å². The first-order valence-corrected chi connectivity index (χ1v) is 28.5. The number of amides is 3. The van der Waals surface area contributed by atoms with Gasteiger partial charge < -0.3 is 19.3 Å². The Bertz CT molecular complexity index is 3390. The lowest BCUT2D eigenvalue weighted by Crippen LogP contribution is -2.47. The van der Waals surface area contributed by atoms with Gasteiger partial charge in [-0.2, -0.15) is 5.10 Å². The first-order chi connectivity index (χ1) is 37.6. The lowest BCUT2D eigenvalue weighted by molar-refractivity contribution is -0.134. The van der Waals surface area contributed by atoms with Crippen LogP contribution in [0, 0.1) is 18.7 Å². The largest absolute Gasteiger partial charge is 0.490 e.